The highest BCUT2D eigenvalue weighted by molar-refractivity contribution is 6.10. The predicted molar refractivity (Wildman–Crippen MR) is 117 cm³/mol. The standard InChI is InChI=1S/C25H28N2O/c1-14(2)19-12-20(26-13-16(19)4)17-9-8-15(3)22-18-10-11-21(25(5,6)7)27-24(18)28-23(17)22/h8-14H,1-7H3/i1D3,3D3,14D. The van der Waals surface area contributed by atoms with Gasteiger partial charge in [0.05, 0.1) is 5.69 Å². The molecule has 0 spiro atoms. The van der Waals surface area contributed by atoms with Gasteiger partial charge in [-0.2, -0.15) is 0 Å². The van der Waals surface area contributed by atoms with Crippen molar-refractivity contribution in [3.63, 3.8) is 0 Å². The molecule has 0 N–H and O–H groups in total. The van der Waals surface area contributed by atoms with E-state index in [2.05, 4.69) is 9.97 Å². The highest BCUT2D eigenvalue weighted by Gasteiger charge is 2.20. The van der Waals surface area contributed by atoms with E-state index in [-0.39, 0.29) is 11.0 Å². The largest absolute Gasteiger partial charge is 0.437 e. The van der Waals surface area contributed by atoms with Crippen LogP contribution in [0, 0.1) is 13.8 Å². The van der Waals surface area contributed by atoms with E-state index >= 15 is 0 Å². The smallest absolute Gasteiger partial charge is 0.227 e. The highest BCUT2D eigenvalue weighted by atomic mass is 16.3. The molecule has 3 nitrogen and oxygen atoms in total. The fourth-order valence-corrected chi connectivity index (χ4v) is 3.46. The minimum absolute atomic E-state index is 0.139. The number of rotatable bonds is 2. The van der Waals surface area contributed by atoms with Crippen molar-refractivity contribution < 1.29 is 14.0 Å². The Hall–Kier alpha value is -2.68. The third-order valence-corrected chi connectivity index (χ3v) is 5.04. The van der Waals surface area contributed by atoms with Gasteiger partial charge in [0.15, 0.2) is 0 Å². The van der Waals surface area contributed by atoms with Gasteiger partial charge in [0.1, 0.15) is 5.58 Å². The molecule has 144 valence electrons. The van der Waals surface area contributed by atoms with Gasteiger partial charge in [0, 0.05) is 43.2 Å². The molecule has 1 aromatic carbocycles. The van der Waals surface area contributed by atoms with Crippen LogP contribution in [-0.4, -0.2) is 9.97 Å². The number of furan rings is 1. The molecule has 0 saturated heterocycles. The Morgan fingerprint density at radius 3 is 2.68 bits per heavy atom. The molecular weight excluding hydrogens is 344 g/mol. The third-order valence-electron chi connectivity index (χ3n) is 5.04. The molecule has 3 heterocycles. The summed E-state index contributed by atoms with van der Waals surface area (Å²) in [5.74, 6) is -1.86. The van der Waals surface area contributed by atoms with E-state index in [9.17, 15) is 0 Å². The SMILES string of the molecule is [2H]C([2H])([2H])c1ccc(-c2cc(C([2H])(C)C([2H])([2H])[2H])c(C)cn2)c2oc3nc(C(C)(C)C)ccc3c12. The molecule has 0 aliphatic heterocycles. The quantitative estimate of drug-likeness (QED) is 0.373. The van der Waals surface area contributed by atoms with E-state index in [0.29, 0.717) is 44.5 Å². The zero-order valence-electron chi connectivity index (χ0n) is 23.8. The third kappa shape index (κ3) is 2.99. The molecular formula is C25H28N2O. The fraction of sp³-hybridized carbons (Fsp3) is 0.360. The summed E-state index contributed by atoms with van der Waals surface area (Å²) < 4.78 is 62.5. The van der Waals surface area contributed by atoms with Crippen molar-refractivity contribution in [1.29, 1.82) is 0 Å². The summed E-state index contributed by atoms with van der Waals surface area (Å²) >= 11 is 0. The van der Waals surface area contributed by atoms with Crippen molar-refractivity contribution in [1.82, 2.24) is 9.97 Å². The average molecular weight is 380 g/mol. The monoisotopic (exact) mass is 379 g/mol. The van der Waals surface area contributed by atoms with Crippen LogP contribution in [0.3, 0.4) is 0 Å². The van der Waals surface area contributed by atoms with Crippen molar-refractivity contribution >= 4 is 22.1 Å². The van der Waals surface area contributed by atoms with Gasteiger partial charge in [-0.1, -0.05) is 40.6 Å². The van der Waals surface area contributed by atoms with Gasteiger partial charge in [0.2, 0.25) is 5.71 Å². The zero-order valence-corrected chi connectivity index (χ0v) is 16.8. The molecule has 0 saturated carbocycles. The van der Waals surface area contributed by atoms with Crippen LogP contribution in [0.25, 0.3) is 33.3 Å². The number of aryl methyl sites for hydroxylation is 2. The number of hydrogen-bond acceptors (Lipinski definition) is 3. The molecule has 3 heteroatoms. The number of fused-ring (bicyclic) bond motifs is 3. The van der Waals surface area contributed by atoms with Gasteiger partial charge in [-0.05, 0) is 60.6 Å². The molecule has 1 atom stereocenters. The Bertz CT molecular complexity index is 1440. The average Bonchev–Trinajstić information content (AvgIpc) is 3.10. The first kappa shape index (κ1) is 12.0. The van der Waals surface area contributed by atoms with E-state index < -0.39 is 19.6 Å². The molecule has 3 aromatic heterocycles. The maximum absolute atomic E-state index is 8.57. The predicted octanol–water partition coefficient (Wildman–Crippen LogP) is 7.08. The summed E-state index contributed by atoms with van der Waals surface area (Å²) in [7, 11) is 0. The second-order valence-corrected chi connectivity index (χ2v) is 8.28. The Balaban J connectivity index is 2.05. The molecule has 0 radical (unpaired) electrons. The maximum Gasteiger partial charge on any atom is 0.227 e. The number of pyridine rings is 2. The summed E-state index contributed by atoms with van der Waals surface area (Å²) in [6.07, 6.45) is 1.53. The maximum atomic E-state index is 8.57. The lowest BCUT2D eigenvalue weighted by Crippen LogP contribution is -2.12. The number of hydrogen-bond donors (Lipinski definition) is 0. The van der Waals surface area contributed by atoms with Crippen LogP contribution >= 0.6 is 0 Å². The van der Waals surface area contributed by atoms with E-state index in [4.69, 9.17) is 14.0 Å². The second-order valence-electron chi connectivity index (χ2n) is 8.28. The molecule has 0 aliphatic rings. The molecule has 0 aliphatic carbocycles. The van der Waals surface area contributed by atoms with Crippen molar-refractivity contribution in [3.05, 3.63) is 58.9 Å². The molecule has 0 bridgehead atoms. The van der Waals surface area contributed by atoms with Gasteiger partial charge in [-0.25, -0.2) is 4.98 Å². The summed E-state index contributed by atoms with van der Waals surface area (Å²) in [4.78, 5) is 9.16. The minimum Gasteiger partial charge on any atom is -0.437 e. The van der Waals surface area contributed by atoms with Crippen LogP contribution in [0.15, 0.2) is 40.9 Å². The number of benzene rings is 1. The molecule has 0 amide bonds. The first-order chi connectivity index (χ1) is 15.9. The summed E-state index contributed by atoms with van der Waals surface area (Å²) in [5, 5.41) is 1.01. The molecule has 4 rings (SSSR count). The fourth-order valence-electron chi connectivity index (χ4n) is 3.46. The van der Waals surface area contributed by atoms with Crippen LogP contribution < -0.4 is 0 Å². The lowest BCUT2D eigenvalue weighted by molar-refractivity contribution is 0.562. The molecule has 28 heavy (non-hydrogen) atoms. The number of nitrogens with zero attached hydrogens (tertiary/aromatic N) is 2. The Morgan fingerprint density at radius 2 is 1.96 bits per heavy atom. The lowest BCUT2D eigenvalue weighted by Gasteiger charge is -2.16. The summed E-state index contributed by atoms with van der Waals surface area (Å²) in [6.45, 7) is 4.24. The van der Waals surface area contributed by atoms with Crippen molar-refractivity contribution in [2.45, 2.75) is 59.6 Å². The molecule has 0 fully saturated rings. The molecule has 4 aromatic rings. The Kier molecular flexibility index (Phi) is 2.76. The Labute approximate surface area is 176 Å². The van der Waals surface area contributed by atoms with Crippen molar-refractivity contribution in [3.8, 4) is 11.3 Å². The van der Waals surface area contributed by atoms with E-state index in [1.54, 1.807) is 19.1 Å². The second kappa shape index (κ2) is 6.44. The first-order valence-corrected chi connectivity index (χ1v) is 9.27. The van der Waals surface area contributed by atoms with Crippen LogP contribution in [0.4, 0.5) is 0 Å². The van der Waals surface area contributed by atoms with E-state index in [1.807, 2.05) is 32.9 Å². The summed E-state index contributed by atoms with van der Waals surface area (Å²) in [5.41, 5.74) is 3.15. The zero-order chi connectivity index (χ0) is 26.1. The topological polar surface area (TPSA) is 38.9 Å². The van der Waals surface area contributed by atoms with E-state index in [1.165, 1.54) is 19.2 Å². The number of aromatic nitrogens is 2. The minimum atomic E-state index is -2.55. The van der Waals surface area contributed by atoms with E-state index in [0.717, 1.165) is 5.69 Å². The van der Waals surface area contributed by atoms with Gasteiger partial charge in [-0.15, -0.1) is 0 Å². The van der Waals surface area contributed by atoms with Crippen LogP contribution in [0.2, 0.25) is 0 Å². The van der Waals surface area contributed by atoms with Crippen molar-refractivity contribution in [2.75, 3.05) is 0 Å². The Morgan fingerprint density at radius 1 is 1.14 bits per heavy atom. The normalized spacial score (nSPS) is 19.1. The highest BCUT2D eigenvalue weighted by Crippen LogP contribution is 2.38. The first-order valence-electron chi connectivity index (χ1n) is 12.8. The van der Waals surface area contributed by atoms with Crippen LogP contribution in [0.5, 0.6) is 0 Å². The van der Waals surface area contributed by atoms with Crippen LogP contribution in [0.1, 0.15) is 72.4 Å². The molecule has 1 unspecified atom stereocenters. The van der Waals surface area contributed by atoms with Crippen LogP contribution in [-0.2, 0) is 5.41 Å². The van der Waals surface area contributed by atoms with Crippen molar-refractivity contribution in [2.24, 2.45) is 0 Å². The lowest BCUT2D eigenvalue weighted by atomic mass is 9.91. The van der Waals surface area contributed by atoms with Gasteiger partial charge in [-0.3, -0.25) is 4.98 Å². The van der Waals surface area contributed by atoms with Gasteiger partial charge < -0.3 is 4.42 Å². The van der Waals surface area contributed by atoms with Gasteiger partial charge in [0.25, 0.3) is 0 Å². The van der Waals surface area contributed by atoms with Gasteiger partial charge >= 0.3 is 0 Å². The summed E-state index contributed by atoms with van der Waals surface area (Å²) in [6, 6.07) is 8.44.